The molecule has 1 aliphatic rings. The van der Waals surface area contributed by atoms with E-state index in [1.807, 2.05) is 0 Å². The molecule has 0 radical (unpaired) electrons. The second-order valence-electron chi connectivity index (χ2n) is 2.85. The van der Waals surface area contributed by atoms with Gasteiger partial charge in [-0.25, -0.2) is 0 Å². The molecule has 0 aromatic rings. The van der Waals surface area contributed by atoms with Gasteiger partial charge in [-0.2, -0.15) is 0 Å². The van der Waals surface area contributed by atoms with Crippen molar-refractivity contribution >= 4 is 0 Å². The summed E-state index contributed by atoms with van der Waals surface area (Å²) in [6, 6.07) is 0. The van der Waals surface area contributed by atoms with Crippen LogP contribution in [0.1, 0.15) is 32.1 Å². The largest absolute Gasteiger partial charge is 0.0882 e. The van der Waals surface area contributed by atoms with E-state index in [2.05, 4.69) is 36.5 Å². The number of hydrogen-bond donors (Lipinski definition) is 0. The van der Waals surface area contributed by atoms with Crippen LogP contribution in [0.25, 0.3) is 0 Å². The zero-order chi connectivity index (χ0) is 7.78. The van der Waals surface area contributed by atoms with Crippen molar-refractivity contribution in [2.75, 3.05) is 0 Å². The van der Waals surface area contributed by atoms with Gasteiger partial charge in [0.15, 0.2) is 0 Å². The van der Waals surface area contributed by atoms with Gasteiger partial charge in [0.2, 0.25) is 0 Å². The molecule has 0 fully saturated rings. The van der Waals surface area contributed by atoms with Gasteiger partial charge in [0.1, 0.15) is 0 Å². The molecule has 1 aliphatic carbocycles. The molecule has 11 heavy (non-hydrogen) atoms. The molecule has 0 amide bonds. The third-order valence-corrected chi connectivity index (χ3v) is 1.81. The molecular formula is C11H16. The molecule has 0 nitrogen and oxygen atoms in total. The summed E-state index contributed by atoms with van der Waals surface area (Å²) in [6.07, 6.45) is 19.5. The van der Waals surface area contributed by atoms with Crippen molar-refractivity contribution in [3.8, 4) is 0 Å². The van der Waals surface area contributed by atoms with Crippen LogP contribution in [0.4, 0.5) is 0 Å². The van der Waals surface area contributed by atoms with Crippen LogP contribution in [0.2, 0.25) is 0 Å². The molecule has 0 heterocycles. The molecule has 0 saturated carbocycles. The highest BCUT2D eigenvalue weighted by atomic mass is 13.9. The molecule has 0 aromatic carbocycles. The van der Waals surface area contributed by atoms with Crippen LogP contribution in [0.15, 0.2) is 36.5 Å². The smallest absolute Gasteiger partial charge is 0.0166 e. The lowest BCUT2D eigenvalue weighted by atomic mass is 10.2. The zero-order valence-corrected chi connectivity index (χ0v) is 7.00. The third kappa shape index (κ3) is 4.60. The molecule has 0 heteroatoms. The first kappa shape index (κ1) is 8.32. The van der Waals surface area contributed by atoms with E-state index in [0.717, 1.165) is 6.42 Å². The van der Waals surface area contributed by atoms with Gasteiger partial charge in [-0.1, -0.05) is 36.5 Å². The number of allylic oxidation sites excluding steroid dienone is 6. The van der Waals surface area contributed by atoms with Crippen LogP contribution in [-0.2, 0) is 0 Å². The second kappa shape index (κ2) is 5.96. The Bertz CT molecular complexity index is 161. The fourth-order valence-corrected chi connectivity index (χ4v) is 1.15. The summed E-state index contributed by atoms with van der Waals surface area (Å²) in [5.74, 6) is 0. The molecule has 0 N–H and O–H groups in total. The van der Waals surface area contributed by atoms with Crippen LogP contribution in [-0.4, -0.2) is 0 Å². The summed E-state index contributed by atoms with van der Waals surface area (Å²) in [6.45, 7) is 0. The zero-order valence-electron chi connectivity index (χ0n) is 7.00. The first-order valence-electron chi connectivity index (χ1n) is 4.47. The molecule has 0 aromatic heterocycles. The second-order valence-corrected chi connectivity index (χ2v) is 2.85. The lowest BCUT2D eigenvalue weighted by Crippen LogP contribution is -1.71. The summed E-state index contributed by atoms with van der Waals surface area (Å²) in [7, 11) is 0. The van der Waals surface area contributed by atoms with E-state index in [-0.39, 0.29) is 0 Å². The molecular weight excluding hydrogens is 132 g/mol. The first-order chi connectivity index (χ1) is 5.50. The maximum absolute atomic E-state index is 2.29. The topological polar surface area (TPSA) is 0 Å². The van der Waals surface area contributed by atoms with E-state index >= 15 is 0 Å². The summed E-state index contributed by atoms with van der Waals surface area (Å²) in [5.41, 5.74) is 0. The van der Waals surface area contributed by atoms with Crippen LogP contribution in [0, 0.1) is 0 Å². The van der Waals surface area contributed by atoms with Crippen molar-refractivity contribution in [3.05, 3.63) is 36.5 Å². The van der Waals surface area contributed by atoms with E-state index < -0.39 is 0 Å². The predicted octanol–water partition coefficient (Wildman–Crippen LogP) is 3.62. The van der Waals surface area contributed by atoms with Crippen molar-refractivity contribution in [1.29, 1.82) is 0 Å². The Labute approximate surface area is 69.3 Å². The first-order valence-corrected chi connectivity index (χ1v) is 4.47. The van der Waals surface area contributed by atoms with Gasteiger partial charge in [0.25, 0.3) is 0 Å². The maximum Gasteiger partial charge on any atom is -0.0166 e. The SMILES string of the molecule is C1=CCCCC/C=C\C=C/C1. The quantitative estimate of drug-likeness (QED) is 0.460. The summed E-state index contributed by atoms with van der Waals surface area (Å²) >= 11 is 0. The Morgan fingerprint density at radius 3 is 2.27 bits per heavy atom. The molecule has 0 saturated heterocycles. The van der Waals surface area contributed by atoms with Crippen LogP contribution >= 0.6 is 0 Å². The molecule has 0 bridgehead atoms. The van der Waals surface area contributed by atoms with Crippen molar-refractivity contribution in [2.45, 2.75) is 32.1 Å². The van der Waals surface area contributed by atoms with Gasteiger partial charge < -0.3 is 0 Å². The molecule has 0 spiro atoms. The van der Waals surface area contributed by atoms with E-state index in [1.54, 1.807) is 0 Å². The average Bonchev–Trinajstić information content (AvgIpc) is 2.08. The third-order valence-electron chi connectivity index (χ3n) is 1.81. The molecule has 0 aliphatic heterocycles. The Morgan fingerprint density at radius 1 is 0.636 bits per heavy atom. The van der Waals surface area contributed by atoms with Crippen molar-refractivity contribution in [2.24, 2.45) is 0 Å². The van der Waals surface area contributed by atoms with Gasteiger partial charge in [0, 0.05) is 0 Å². The minimum atomic E-state index is 1.09. The molecule has 0 atom stereocenters. The van der Waals surface area contributed by atoms with E-state index in [9.17, 15) is 0 Å². The maximum atomic E-state index is 2.29. The van der Waals surface area contributed by atoms with Gasteiger partial charge in [-0.15, -0.1) is 0 Å². The molecule has 60 valence electrons. The highest BCUT2D eigenvalue weighted by Crippen LogP contribution is 2.03. The predicted molar refractivity (Wildman–Crippen MR) is 50.5 cm³/mol. The Morgan fingerprint density at radius 2 is 1.36 bits per heavy atom. The van der Waals surface area contributed by atoms with Crippen molar-refractivity contribution in [3.63, 3.8) is 0 Å². The van der Waals surface area contributed by atoms with Crippen molar-refractivity contribution in [1.82, 2.24) is 0 Å². The van der Waals surface area contributed by atoms with Gasteiger partial charge >= 0.3 is 0 Å². The lowest BCUT2D eigenvalue weighted by molar-refractivity contribution is 0.761. The summed E-state index contributed by atoms with van der Waals surface area (Å²) in [4.78, 5) is 0. The highest BCUT2D eigenvalue weighted by molar-refractivity contribution is 5.05. The van der Waals surface area contributed by atoms with E-state index in [1.165, 1.54) is 25.7 Å². The minimum Gasteiger partial charge on any atom is -0.0882 e. The van der Waals surface area contributed by atoms with Crippen LogP contribution in [0.5, 0.6) is 0 Å². The van der Waals surface area contributed by atoms with Crippen molar-refractivity contribution < 1.29 is 0 Å². The van der Waals surface area contributed by atoms with Crippen LogP contribution < -0.4 is 0 Å². The van der Waals surface area contributed by atoms with E-state index in [0.29, 0.717) is 0 Å². The lowest BCUT2D eigenvalue weighted by Gasteiger charge is -1.90. The number of hydrogen-bond acceptors (Lipinski definition) is 0. The molecule has 1 rings (SSSR count). The van der Waals surface area contributed by atoms with Gasteiger partial charge in [0.05, 0.1) is 0 Å². The Kier molecular flexibility index (Phi) is 4.51. The molecule has 0 unspecified atom stereocenters. The van der Waals surface area contributed by atoms with Gasteiger partial charge in [-0.3, -0.25) is 0 Å². The minimum absolute atomic E-state index is 1.09. The van der Waals surface area contributed by atoms with Gasteiger partial charge in [-0.05, 0) is 32.1 Å². The summed E-state index contributed by atoms with van der Waals surface area (Å²) in [5, 5.41) is 0. The fraction of sp³-hybridized carbons (Fsp3) is 0.455. The monoisotopic (exact) mass is 148 g/mol. The fourth-order valence-electron chi connectivity index (χ4n) is 1.15. The van der Waals surface area contributed by atoms with E-state index in [4.69, 9.17) is 0 Å². The standard InChI is InChI=1S/C11H16/c1-2-4-6-8-10-11-9-7-5-3-1/h1-4,7,9H,5-6,8,10-11H2/b3-1-,4-2-,9-7?. The normalized spacial score (nSPS) is 25.5. The summed E-state index contributed by atoms with van der Waals surface area (Å²) < 4.78 is 0. The number of rotatable bonds is 0. The highest BCUT2D eigenvalue weighted by Gasteiger charge is 1.83. The average molecular weight is 148 g/mol. The van der Waals surface area contributed by atoms with Crippen LogP contribution in [0.3, 0.4) is 0 Å². The Hall–Kier alpha value is -0.780. The Balaban J connectivity index is 2.35.